The first-order chi connectivity index (χ1) is 3.33. The Hall–Kier alpha value is -0.167. The molecule has 0 aromatic heterocycles. The van der Waals surface area contributed by atoms with Crippen LogP contribution >= 0.6 is 0 Å². The predicted molar refractivity (Wildman–Crippen MR) is 23.3 cm³/mol. The zero-order chi connectivity index (χ0) is 6.12. The van der Waals surface area contributed by atoms with Crippen molar-refractivity contribution in [1.82, 2.24) is 0 Å². The first kappa shape index (κ1) is 9.95. The Kier molecular flexibility index (Phi) is 24.1. The zero-order valence-electron chi connectivity index (χ0n) is 4.05. The van der Waals surface area contributed by atoms with E-state index in [0.717, 1.165) is 0 Å². The van der Waals surface area contributed by atoms with E-state index in [-0.39, 0.29) is 0 Å². The van der Waals surface area contributed by atoms with Crippen molar-refractivity contribution >= 4 is 6.47 Å². The molecule has 0 aromatic rings. The maximum atomic E-state index is 8.24. The second kappa shape index (κ2) is 17.0. The van der Waals surface area contributed by atoms with Crippen molar-refractivity contribution in [3.63, 3.8) is 0 Å². The van der Waals surface area contributed by atoms with Crippen molar-refractivity contribution in [3.05, 3.63) is 12.7 Å². The molecule has 0 heterocycles. The maximum absolute atomic E-state index is 8.24. The molecule has 0 spiro atoms. The van der Waals surface area contributed by atoms with E-state index < -0.39 is 0 Å². The van der Waals surface area contributed by atoms with Crippen LogP contribution in [0.5, 0.6) is 0 Å². The van der Waals surface area contributed by atoms with Crippen molar-refractivity contribution in [2.45, 2.75) is 5.02 Å². The summed E-state index contributed by atoms with van der Waals surface area (Å²) in [6.07, 6.45) is 1.93. The molecule has 3 heteroatoms. The van der Waals surface area contributed by atoms with Gasteiger partial charge >= 0.3 is 36.0 Å². The molecule has 36 valence electrons. The SMILES string of the molecule is C=C[CH2][Zn+].O=[C-]O. The van der Waals surface area contributed by atoms with E-state index in [1.54, 1.807) is 0 Å². The Bertz CT molecular complexity index is 45.0. The summed E-state index contributed by atoms with van der Waals surface area (Å²) < 4.78 is 0. The number of aliphatic hydroxyl groups excluding tert-OH is 1. The van der Waals surface area contributed by atoms with Gasteiger partial charge in [0.05, 0.1) is 0 Å². The second-order valence-corrected chi connectivity index (χ2v) is 1.88. The summed E-state index contributed by atoms with van der Waals surface area (Å²) in [4.78, 5) is 8.24. The molecule has 0 aromatic carbocycles. The quantitative estimate of drug-likeness (QED) is 0.341. The molecule has 0 aliphatic heterocycles. The van der Waals surface area contributed by atoms with E-state index in [1.165, 1.54) is 23.3 Å². The van der Waals surface area contributed by atoms with Gasteiger partial charge in [-0.25, -0.2) is 0 Å². The van der Waals surface area contributed by atoms with Gasteiger partial charge in [-0.15, -0.1) is 0 Å². The molecule has 0 atom stereocenters. The molecule has 0 saturated heterocycles. The first-order valence-electron chi connectivity index (χ1n) is 1.74. The van der Waals surface area contributed by atoms with Crippen LogP contribution < -0.4 is 0 Å². The molecular formula is C4H6O2Zn. The number of hydrogen-bond acceptors (Lipinski definition) is 1. The van der Waals surface area contributed by atoms with Crippen LogP contribution in [-0.4, -0.2) is 11.6 Å². The van der Waals surface area contributed by atoms with Crippen molar-refractivity contribution in [3.8, 4) is 0 Å². The average Bonchev–Trinajstić information content (AvgIpc) is 1.69. The third-order valence-electron chi connectivity index (χ3n) is 0.204. The van der Waals surface area contributed by atoms with Gasteiger partial charge in [-0.05, 0) is 0 Å². The molecule has 7 heavy (non-hydrogen) atoms. The molecule has 0 fully saturated rings. The number of hydrogen-bond donors (Lipinski definition) is 1. The standard InChI is InChI=1S/C3H5.CHO2.Zn/c1-3-2;2-1-3;/h3H,1-2H2;(H,2,3);/q;-1;+1. The monoisotopic (exact) mass is 150 g/mol. The van der Waals surface area contributed by atoms with Crippen molar-refractivity contribution < 1.29 is 28.2 Å². The Balaban J connectivity index is 0. The summed E-state index contributed by atoms with van der Waals surface area (Å²) in [7, 11) is 0. The minimum absolute atomic E-state index is 0.500. The van der Waals surface area contributed by atoms with Crippen LogP contribution in [0.1, 0.15) is 0 Å². The molecule has 0 bridgehead atoms. The summed E-state index contributed by atoms with van der Waals surface area (Å²) in [5.74, 6) is 0. The van der Waals surface area contributed by atoms with Gasteiger partial charge in [-0.2, -0.15) is 0 Å². The van der Waals surface area contributed by atoms with E-state index in [1.807, 2.05) is 6.08 Å². The molecule has 0 radical (unpaired) electrons. The van der Waals surface area contributed by atoms with Gasteiger partial charge in [-0.3, -0.25) is 0 Å². The third-order valence-corrected chi connectivity index (χ3v) is 1.06. The summed E-state index contributed by atoms with van der Waals surface area (Å²) in [5.41, 5.74) is 0. The van der Waals surface area contributed by atoms with Gasteiger partial charge in [-0.1, -0.05) is 6.47 Å². The molecular weight excluding hydrogens is 145 g/mol. The third kappa shape index (κ3) is 123. The zero-order valence-corrected chi connectivity index (χ0v) is 7.02. The first-order valence-corrected chi connectivity index (χ1v) is 3.84. The fourth-order valence-corrected chi connectivity index (χ4v) is 0. The Morgan fingerprint density at radius 1 is 2.00 bits per heavy atom. The van der Waals surface area contributed by atoms with Gasteiger partial charge in [0, 0.05) is 0 Å². The predicted octanol–water partition coefficient (Wildman–Crippen LogP) is 0.749. The Labute approximate surface area is 52.9 Å². The van der Waals surface area contributed by atoms with Crippen molar-refractivity contribution in [2.75, 3.05) is 0 Å². The summed E-state index contributed by atoms with van der Waals surface area (Å²) in [6.45, 7) is 4.01. The van der Waals surface area contributed by atoms with E-state index in [4.69, 9.17) is 9.90 Å². The molecule has 0 aliphatic rings. The molecule has 0 rings (SSSR count). The van der Waals surface area contributed by atoms with Crippen molar-refractivity contribution in [2.24, 2.45) is 0 Å². The minimum atomic E-state index is 0.500. The van der Waals surface area contributed by atoms with E-state index in [0.29, 0.717) is 6.47 Å². The van der Waals surface area contributed by atoms with Gasteiger partial charge in [0.2, 0.25) is 0 Å². The van der Waals surface area contributed by atoms with E-state index >= 15 is 0 Å². The van der Waals surface area contributed by atoms with E-state index in [9.17, 15) is 0 Å². The normalized spacial score (nSPS) is 5.43. The van der Waals surface area contributed by atoms with E-state index in [2.05, 4.69) is 6.58 Å². The minimum Gasteiger partial charge on any atom is -0.665 e. The number of allylic oxidation sites excluding steroid dienone is 1. The largest absolute Gasteiger partial charge is 0.665 e. The average molecular weight is 151 g/mol. The summed E-state index contributed by atoms with van der Waals surface area (Å²) in [5, 5.41) is 7.97. The Morgan fingerprint density at radius 3 is 2.14 bits per heavy atom. The Morgan fingerprint density at radius 2 is 2.14 bits per heavy atom. The molecule has 1 N–H and O–H groups in total. The number of rotatable bonds is 1. The van der Waals surface area contributed by atoms with Gasteiger partial charge < -0.3 is 9.90 Å². The van der Waals surface area contributed by atoms with Crippen LogP contribution in [0.25, 0.3) is 0 Å². The fourth-order valence-electron chi connectivity index (χ4n) is 0. The summed E-state index contributed by atoms with van der Waals surface area (Å²) in [6, 6.07) is 0. The second-order valence-electron chi connectivity index (χ2n) is 0.669. The van der Waals surface area contributed by atoms with Gasteiger partial charge in [0.1, 0.15) is 0 Å². The molecule has 0 aliphatic carbocycles. The van der Waals surface area contributed by atoms with Crippen LogP contribution in [0.2, 0.25) is 5.02 Å². The smallest absolute Gasteiger partial charge is 0.0744 e. The van der Waals surface area contributed by atoms with Gasteiger partial charge in [0.25, 0.3) is 0 Å². The fraction of sp³-hybridized carbons (Fsp3) is 0.250. The van der Waals surface area contributed by atoms with Crippen molar-refractivity contribution in [1.29, 1.82) is 0 Å². The van der Waals surface area contributed by atoms with Crippen LogP contribution in [0.4, 0.5) is 0 Å². The summed E-state index contributed by atoms with van der Waals surface area (Å²) >= 11 is 1.35. The maximum Gasteiger partial charge on any atom is -0.0744 e. The molecule has 0 saturated carbocycles. The molecule has 0 unspecified atom stereocenters. The van der Waals surface area contributed by atoms with Crippen LogP contribution in [0, 0.1) is 0 Å². The molecule has 0 amide bonds. The van der Waals surface area contributed by atoms with Gasteiger partial charge in [0.15, 0.2) is 0 Å². The van der Waals surface area contributed by atoms with Crippen LogP contribution in [0.3, 0.4) is 0 Å². The molecule has 2 nitrogen and oxygen atoms in total. The van der Waals surface area contributed by atoms with Crippen LogP contribution in [0.15, 0.2) is 12.7 Å². The topological polar surface area (TPSA) is 37.3 Å². The van der Waals surface area contributed by atoms with Crippen LogP contribution in [-0.2, 0) is 23.1 Å².